The Morgan fingerprint density at radius 2 is 2.00 bits per heavy atom. The molecule has 1 aromatic carbocycles. The molecule has 1 saturated carbocycles. The topological polar surface area (TPSA) is 12.0 Å². The summed E-state index contributed by atoms with van der Waals surface area (Å²) in [6, 6.07) is 8.08. The van der Waals surface area contributed by atoms with E-state index in [1.165, 1.54) is 37.8 Å². The van der Waals surface area contributed by atoms with E-state index in [0.717, 1.165) is 5.92 Å². The van der Waals surface area contributed by atoms with Gasteiger partial charge in [0, 0.05) is 12.6 Å². The smallest absolute Gasteiger partial charge is 0.0150 e. The van der Waals surface area contributed by atoms with Crippen molar-refractivity contribution < 1.29 is 0 Å². The summed E-state index contributed by atoms with van der Waals surface area (Å²) in [5.41, 5.74) is 5.72. The number of hydrogen-bond acceptors (Lipinski definition) is 1. The minimum absolute atomic E-state index is 0.393. The quantitative estimate of drug-likeness (QED) is 0.805. The molecule has 0 bridgehead atoms. The molecule has 21 heavy (non-hydrogen) atoms. The summed E-state index contributed by atoms with van der Waals surface area (Å²) in [5.74, 6) is 1.46. The van der Waals surface area contributed by atoms with Crippen molar-refractivity contribution in [2.75, 3.05) is 6.54 Å². The van der Waals surface area contributed by atoms with E-state index >= 15 is 0 Å². The van der Waals surface area contributed by atoms with Crippen molar-refractivity contribution >= 4 is 0 Å². The fourth-order valence-corrected chi connectivity index (χ4v) is 5.98. The summed E-state index contributed by atoms with van der Waals surface area (Å²) >= 11 is 0. The second kappa shape index (κ2) is 4.35. The van der Waals surface area contributed by atoms with E-state index in [9.17, 15) is 0 Å². The van der Waals surface area contributed by atoms with Crippen LogP contribution in [0.1, 0.15) is 69.6 Å². The monoisotopic (exact) mass is 283 g/mol. The van der Waals surface area contributed by atoms with Crippen LogP contribution in [-0.2, 0) is 11.8 Å². The van der Waals surface area contributed by atoms with Gasteiger partial charge in [-0.1, -0.05) is 52.3 Å². The molecule has 1 heterocycles. The molecule has 0 radical (unpaired) electrons. The maximum absolute atomic E-state index is 3.89. The summed E-state index contributed by atoms with van der Waals surface area (Å²) in [4.78, 5) is 0. The number of nitrogens with one attached hydrogen (secondary N) is 1. The number of benzene rings is 1. The lowest BCUT2D eigenvalue weighted by Gasteiger charge is -2.54. The first-order chi connectivity index (χ1) is 9.94. The van der Waals surface area contributed by atoms with Gasteiger partial charge in [0.1, 0.15) is 0 Å². The molecule has 0 amide bonds. The molecule has 2 aliphatic carbocycles. The average Bonchev–Trinajstić information content (AvgIpc) is 2.77. The first-order valence-corrected chi connectivity index (χ1v) is 8.81. The van der Waals surface area contributed by atoms with Crippen molar-refractivity contribution in [1.82, 2.24) is 5.32 Å². The molecule has 0 spiro atoms. The van der Waals surface area contributed by atoms with E-state index in [1.54, 1.807) is 11.1 Å². The molecule has 114 valence electrons. The van der Waals surface area contributed by atoms with Gasteiger partial charge >= 0.3 is 0 Å². The lowest BCUT2D eigenvalue weighted by molar-refractivity contribution is 0.0595. The van der Waals surface area contributed by atoms with Gasteiger partial charge < -0.3 is 5.32 Å². The van der Waals surface area contributed by atoms with Crippen LogP contribution in [0.25, 0.3) is 0 Å². The van der Waals surface area contributed by atoms with Crippen molar-refractivity contribution in [3.05, 3.63) is 34.9 Å². The Hall–Kier alpha value is -0.820. The van der Waals surface area contributed by atoms with Crippen molar-refractivity contribution in [2.45, 2.75) is 70.8 Å². The molecule has 4 atom stereocenters. The normalized spacial score (nSPS) is 41.0. The van der Waals surface area contributed by atoms with Crippen LogP contribution < -0.4 is 5.32 Å². The van der Waals surface area contributed by atoms with Gasteiger partial charge in [-0.25, -0.2) is 0 Å². The SMILES string of the molecule is CC(C)c1ccc2c(c1)C[C@@H]1NC[C@]3(C)CCC[C@@]2(C)[C@@H]13. The van der Waals surface area contributed by atoms with Gasteiger partial charge in [-0.15, -0.1) is 0 Å². The molecule has 3 aliphatic rings. The molecule has 1 saturated heterocycles. The highest BCUT2D eigenvalue weighted by atomic mass is 15.0. The lowest BCUT2D eigenvalue weighted by atomic mass is 9.50. The Morgan fingerprint density at radius 3 is 2.76 bits per heavy atom. The minimum atomic E-state index is 0.393. The van der Waals surface area contributed by atoms with E-state index in [4.69, 9.17) is 0 Å². The lowest BCUT2D eigenvalue weighted by Crippen LogP contribution is -2.52. The molecule has 1 N–H and O–H groups in total. The third-order valence-electron chi connectivity index (χ3n) is 6.90. The third-order valence-corrected chi connectivity index (χ3v) is 6.90. The predicted molar refractivity (Wildman–Crippen MR) is 88.8 cm³/mol. The van der Waals surface area contributed by atoms with Crippen LogP contribution in [0.5, 0.6) is 0 Å². The Bertz CT molecular complexity index is 575. The molecule has 4 rings (SSSR count). The molecule has 1 nitrogen and oxygen atoms in total. The number of hydrogen-bond donors (Lipinski definition) is 1. The maximum Gasteiger partial charge on any atom is 0.0150 e. The molecular formula is C20H29N. The van der Waals surface area contributed by atoms with Crippen LogP contribution in [0.4, 0.5) is 0 Å². The van der Waals surface area contributed by atoms with E-state index in [1.807, 2.05) is 0 Å². The summed E-state index contributed by atoms with van der Waals surface area (Å²) in [6.07, 6.45) is 5.42. The molecule has 1 aromatic rings. The molecule has 1 aliphatic heterocycles. The maximum atomic E-state index is 3.89. The Balaban J connectivity index is 1.85. The molecule has 1 heteroatoms. The Labute approximate surface area is 129 Å². The average molecular weight is 283 g/mol. The van der Waals surface area contributed by atoms with E-state index in [2.05, 4.69) is 51.2 Å². The van der Waals surface area contributed by atoms with Crippen LogP contribution >= 0.6 is 0 Å². The summed E-state index contributed by atoms with van der Waals surface area (Å²) in [7, 11) is 0. The Morgan fingerprint density at radius 1 is 1.19 bits per heavy atom. The zero-order valence-electron chi connectivity index (χ0n) is 14.0. The van der Waals surface area contributed by atoms with Gasteiger partial charge in [-0.2, -0.15) is 0 Å². The fraction of sp³-hybridized carbons (Fsp3) is 0.700. The van der Waals surface area contributed by atoms with Crippen molar-refractivity contribution in [3.63, 3.8) is 0 Å². The molecule has 2 fully saturated rings. The first kappa shape index (κ1) is 13.8. The number of rotatable bonds is 1. The summed E-state index contributed by atoms with van der Waals surface area (Å²) in [6.45, 7) is 10.9. The highest BCUT2D eigenvalue weighted by Crippen LogP contribution is 2.59. The van der Waals surface area contributed by atoms with Gasteiger partial charge in [-0.3, -0.25) is 0 Å². The molecule has 0 aromatic heterocycles. The predicted octanol–water partition coefficient (Wildman–Crippen LogP) is 4.40. The van der Waals surface area contributed by atoms with Gasteiger partial charge in [0.15, 0.2) is 0 Å². The zero-order valence-corrected chi connectivity index (χ0v) is 14.0. The van der Waals surface area contributed by atoms with Crippen LogP contribution in [0, 0.1) is 11.3 Å². The second-order valence-electron chi connectivity index (χ2n) is 8.67. The van der Waals surface area contributed by atoms with Crippen LogP contribution in [0.15, 0.2) is 18.2 Å². The van der Waals surface area contributed by atoms with Gasteiger partial charge in [0.2, 0.25) is 0 Å². The molecular weight excluding hydrogens is 254 g/mol. The third kappa shape index (κ3) is 1.79. The van der Waals surface area contributed by atoms with E-state index in [0.29, 0.717) is 22.8 Å². The molecule has 0 unspecified atom stereocenters. The highest BCUT2D eigenvalue weighted by molar-refractivity contribution is 5.44. The Kier molecular flexibility index (Phi) is 2.86. The van der Waals surface area contributed by atoms with Gasteiger partial charge in [-0.05, 0) is 58.6 Å². The van der Waals surface area contributed by atoms with E-state index < -0.39 is 0 Å². The van der Waals surface area contributed by atoms with Crippen LogP contribution in [0.3, 0.4) is 0 Å². The largest absolute Gasteiger partial charge is 0.313 e. The zero-order chi connectivity index (χ0) is 14.8. The highest BCUT2D eigenvalue weighted by Gasteiger charge is 2.58. The van der Waals surface area contributed by atoms with Gasteiger partial charge in [0.05, 0.1) is 0 Å². The number of fused-ring (bicyclic) bond motifs is 2. The fourth-order valence-electron chi connectivity index (χ4n) is 5.98. The minimum Gasteiger partial charge on any atom is -0.313 e. The van der Waals surface area contributed by atoms with Crippen LogP contribution in [0.2, 0.25) is 0 Å². The van der Waals surface area contributed by atoms with Crippen molar-refractivity contribution in [1.29, 1.82) is 0 Å². The van der Waals surface area contributed by atoms with Crippen molar-refractivity contribution in [3.8, 4) is 0 Å². The van der Waals surface area contributed by atoms with Crippen LogP contribution in [-0.4, -0.2) is 12.6 Å². The van der Waals surface area contributed by atoms with E-state index in [-0.39, 0.29) is 0 Å². The summed E-state index contributed by atoms with van der Waals surface area (Å²) in [5, 5.41) is 3.89. The first-order valence-electron chi connectivity index (χ1n) is 8.81. The van der Waals surface area contributed by atoms with Gasteiger partial charge in [0.25, 0.3) is 0 Å². The summed E-state index contributed by atoms with van der Waals surface area (Å²) < 4.78 is 0. The standard InChI is InChI=1S/C20H29N/c1-13(2)14-6-7-16-15(10-14)11-17-18-19(3,12-21-17)8-5-9-20(16,18)4/h6-7,10,13,17-18,21H,5,8-9,11-12H2,1-4H3/t17-,18-,19-,20+/m0/s1. The van der Waals surface area contributed by atoms with Crippen molar-refractivity contribution in [2.24, 2.45) is 11.3 Å². The second-order valence-corrected chi connectivity index (χ2v) is 8.67.